The van der Waals surface area contributed by atoms with E-state index in [1.54, 1.807) is 12.1 Å². The number of nitrogens with zero attached hydrogens (tertiary/aromatic N) is 1. The minimum Gasteiger partial charge on any atom is -0.619 e. The van der Waals surface area contributed by atoms with Crippen molar-refractivity contribution >= 4 is 35.3 Å². The molecule has 0 bridgehead atoms. The van der Waals surface area contributed by atoms with E-state index in [1.807, 2.05) is 18.2 Å². The van der Waals surface area contributed by atoms with Crippen LogP contribution in [0.2, 0.25) is 0 Å². The third-order valence-corrected chi connectivity index (χ3v) is 3.11. The average molecular weight is 284 g/mol. The van der Waals surface area contributed by atoms with E-state index >= 15 is 0 Å². The highest BCUT2D eigenvalue weighted by Crippen LogP contribution is 2.20. The molecular formula is C17H14ClNO. The molecule has 0 atom stereocenters. The number of hydrogen-bond donors (Lipinski definition) is 0. The summed E-state index contributed by atoms with van der Waals surface area (Å²) >= 11 is 0. The zero-order valence-corrected chi connectivity index (χ0v) is 11.6. The molecule has 0 saturated carbocycles. The van der Waals surface area contributed by atoms with Gasteiger partial charge in [-0.1, -0.05) is 54.6 Å². The molecule has 1 aromatic heterocycles. The summed E-state index contributed by atoms with van der Waals surface area (Å²) in [5.74, 6) is 0. The largest absolute Gasteiger partial charge is 0.619 e. The second-order valence-electron chi connectivity index (χ2n) is 4.39. The van der Waals surface area contributed by atoms with Gasteiger partial charge in [0.05, 0.1) is 0 Å². The van der Waals surface area contributed by atoms with E-state index in [0.717, 1.165) is 10.3 Å². The van der Waals surface area contributed by atoms with Crippen LogP contribution in [-0.4, -0.2) is 0 Å². The van der Waals surface area contributed by atoms with Gasteiger partial charge in [0.2, 0.25) is 0 Å². The maximum atomic E-state index is 11.0. The van der Waals surface area contributed by atoms with Crippen molar-refractivity contribution in [2.24, 2.45) is 0 Å². The maximum absolute atomic E-state index is 11.0. The fourth-order valence-electron chi connectivity index (χ4n) is 2.12. The van der Waals surface area contributed by atoms with Crippen LogP contribution in [0.1, 0.15) is 11.1 Å². The molecule has 0 fully saturated rings. The Morgan fingerprint density at radius 3 is 2.30 bits per heavy atom. The van der Waals surface area contributed by atoms with Gasteiger partial charge in [-0.25, -0.2) is 0 Å². The molecule has 2 nitrogen and oxygen atoms in total. The predicted octanol–water partition coefficient (Wildman–Crippen LogP) is 4.07. The Kier molecular flexibility index (Phi) is 4.38. The quantitative estimate of drug-likeness (QED) is 0.514. The first-order chi connectivity index (χ1) is 9.33. The molecule has 0 unspecified atom stereocenters. The van der Waals surface area contributed by atoms with Crippen LogP contribution in [0, 0.1) is 5.21 Å². The molecule has 2 aromatic carbocycles. The standard InChI is InChI=1S/C17H13NO.ClH/c19-18-12-10-14(11-13-18)8-9-16-6-3-5-15-4-1-2-7-17(15)16;/h1-13H;1H/b9-8+;. The Hall–Kier alpha value is -2.32. The molecule has 100 valence electrons. The Bertz CT molecular complexity index is 730. The average Bonchev–Trinajstić information content (AvgIpc) is 2.47. The third kappa shape index (κ3) is 2.98. The first-order valence-corrected chi connectivity index (χ1v) is 6.18. The van der Waals surface area contributed by atoms with Gasteiger partial charge in [-0.15, -0.1) is 12.4 Å². The van der Waals surface area contributed by atoms with Crippen molar-refractivity contribution < 1.29 is 4.73 Å². The summed E-state index contributed by atoms with van der Waals surface area (Å²) in [5, 5.41) is 13.4. The lowest BCUT2D eigenvalue weighted by Crippen LogP contribution is -2.23. The lowest BCUT2D eigenvalue weighted by Gasteiger charge is -2.01. The van der Waals surface area contributed by atoms with Crippen molar-refractivity contribution in [1.82, 2.24) is 0 Å². The second kappa shape index (κ2) is 6.22. The normalized spacial score (nSPS) is 10.6. The van der Waals surface area contributed by atoms with E-state index in [2.05, 4.69) is 36.4 Å². The van der Waals surface area contributed by atoms with E-state index in [4.69, 9.17) is 0 Å². The molecule has 0 amide bonds. The highest BCUT2D eigenvalue weighted by Gasteiger charge is 1.96. The molecule has 1 heterocycles. The van der Waals surface area contributed by atoms with E-state index in [-0.39, 0.29) is 12.4 Å². The van der Waals surface area contributed by atoms with Crippen molar-refractivity contribution in [3.8, 4) is 0 Å². The maximum Gasteiger partial charge on any atom is 0.180 e. The summed E-state index contributed by atoms with van der Waals surface area (Å²) in [7, 11) is 0. The topological polar surface area (TPSA) is 26.9 Å². The van der Waals surface area contributed by atoms with Crippen LogP contribution in [0.4, 0.5) is 0 Å². The number of fused-ring (bicyclic) bond motifs is 1. The first kappa shape index (κ1) is 14.1. The lowest BCUT2D eigenvalue weighted by molar-refractivity contribution is -0.605. The summed E-state index contributed by atoms with van der Waals surface area (Å²) < 4.78 is 0.787. The van der Waals surface area contributed by atoms with Crippen LogP contribution in [0.25, 0.3) is 22.9 Å². The van der Waals surface area contributed by atoms with E-state index in [0.29, 0.717) is 0 Å². The number of benzene rings is 2. The van der Waals surface area contributed by atoms with Gasteiger partial charge in [0.25, 0.3) is 0 Å². The lowest BCUT2D eigenvalue weighted by atomic mass is 10.0. The van der Waals surface area contributed by atoms with Gasteiger partial charge in [-0.3, -0.25) is 0 Å². The molecule has 0 spiro atoms. The molecule has 3 rings (SSSR count). The fourth-order valence-corrected chi connectivity index (χ4v) is 2.12. The number of hydrogen-bond acceptors (Lipinski definition) is 1. The van der Waals surface area contributed by atoms with Gasteiger partial charge in [-0.2, -0.15) is 4.73 Å². The smallest absolute Gasteiger partial charge is 0.180 e. The molecule has 0 N–H and O–H groups in total. The molecule has 20 heavy (non-hydrogen) atoms. The first-order valence-electron chi connectivity index (χ1n) is 6.18. The second-order valence-corrected chi connectivity index (χ2v) is 4.39. The number of halogens is 1. The summed E-state index contributed by atoms with van der Waals surface area (Å²) in [6.45, 7) is 0. The van der Waals surface area contributed by atoms with Crippen LogP contribution in [0.3, 0.4) is 0 Å². The fraction of sp³-hybridized carbons (Fsp3) is 0. The Morgan fingerprint density at radius 2 is 1.50 bits per heavy atom. The van der Waals surface area contributed by atoms with Gasteiger partial charge in [0.15, 0.2) is 12.4 Å². The zero-order valence-electron chi connectivity index (χ0n) is 10.8. The highest BCUT2D eigenvalue weighted by atomic mass is 35.5. The van der Waals surface area contributed by atoms with Gasteiger partial charge >= 0.3 is 0 Å². The minimum absolute atomic E-state index is 0. The van der Waals surface area contributed by atoms with E-state index < -0.39 is 0 Å². The van der Waals surface area contributed by atoms with Gasteiger partial charge in [-0.05, 0) is 21.9 Å². The SMILES string of the molecule is Cl.[O-][n+]1ccc(/C=C/c2cccc3ccccc23)cc1. The molecule has 0 aliphatic carbocycles. The van der Waals surface area contributed by atoms with Gasteiger partial charge < -0.3 is 5.21 Å². The molecule has 0 radical (unpaired) electrons. The van der Waals surface area contributed by atoms with Crippen LogP contribution in [0.15, 0.2) is 67.0 Å². The third-order valence-electron chi connectivity index (χ3n) is 3.11. The number of rotatable bonds is 2. The van der Waals surface area contributed by atoms with E-state index in [9.17, 15) is 5.21 Å². The Labute approximate surface area is 124 Å². The van der Waals surface area contributed by atoms with E-state index in [1.165, 1.54) is 28.7 Å². The number of pyridine rings is 1. The molecular weight excluding hydrogens is 270 g/mol. The van der Waals surface area contributed by atoms with Gasteiger partial charge in [0.1, 0.15) is 0 Å². The van der Waals surface area contributed by atoms with Gasteiger partial charge in [0, 0.05) is 12.1 Å². The summed E-state index contributed by atoms with van der Waals surface area (Å²) in [6, 6.07) is 18.2. The summed E-state index contributed by atoms with van der Waals surface area (Å²) in [4.78, 5) is 0. The Morgan fingerprint density at radius 1 is 0.800 bits per heavy atom. The summed E-state index contributed by atoms with van der Waals surface area (Å²) in [5.41, 5.74) is 2.19. The van der Waals surface area contributed by atoms with Crippen molar-refractivity contribution in [2.45, 2.75) is 0 Å². The van der Waals surface area contributed by atoms with Crippen LogP contribution < -0.4 is 4.73 Å². The molecule has 0 aliphatic rings. The zero-order chi connectivity index (χ0) is 13.1. The summed E-state index contributed by atoms with van der Waals surface area (Å²) in [6.07, 6.45) is 7.10. The van der Waals surface area contributed by atoms with Crippen molar-refractivity contribution in [3.63, 3.8) is 0 Å². The van der Waals surface area contributed by atoms with Crippen LogP contribution >= 0.6 is 12.4 Å². The molecule has 3 heteroatoms. The van der Waals surface area contributed by atoms with Crippen LogP contribution in [-0.2, 0) is 0 Å². The monoisotopic (exact) mass is 283 g/mol. The Balaban J connectivity index is 0.00000147. The molecule has 3 aromatic rings. The number of aromatic nitrogens is 1. The van der Waals surface area contributed by atoms with Crippen molar-refractivity contribution in [1.29, 1.82) is 0 Å². The van der Waals surface area contributed by atoms with Crippen molar-refractivity contribution in [3.05, 3.63) is 83.3 Å². The molecule has 0 aliphatic heterocycles. The highest BCUT2D eigenvalue weighted by molar-refractivity contribution is 5.92. The predicted molar refractivity (Wildman–Crippen MR) is 85.5 cm³/mol. The minimum atomic E-state index is 0. The van der Waals surface area contributed by atoms with Crippen LogP contribution in [0.5, 0.6) is 0 Å². The van der Waals surface area contributed by atoms with Crippen molar-refractivity contribution in [2.75, 3.05) is 0 Å². The molecule has 0 saturated heterocycles.